The molecule has 0 saturated carbocycles. The van der Waals surface area contributed by atoms with Gasteiger partial charge in [0.15, 0.2) is 11.5 Å². The number of aromatic nitrogens is 2. The first-order valence-corrected chi connectivity index (χ1v) is 11.1. The lowest BCUT2D eigenvalue weighted by Gasteiger charge is -2.31. The molecule has 0 aliphatic carbocycles. The number of rotatable bonds is 8. The fourth-order valence-electron chi connectivity index (χ4n) is 4.20. The Morgan fingerprint density at radius 1 is 1.10 bits per heavy atom. The first kappa shape index (κ1) is 21.2. The minimum Gasteiger partial charge on any atom is -0.359 e. The molecule has 3 aromatic rings. The molecule has 0 atom stereocenters. The van der Waals surface area contributed by atoms with Crippen molar-refractivity contribution < 1.29 is 9.32 Å². The topological polar surface area (TPSA) is 62.5 Å². The maximum Gasteiger partial charge on any atom is 0.276 e. The van der Waals surface area contributed by atoms with Gasteiger partial charge in [0.05, 0.1) is 6.54 Å². The molecule has 1 aliphatic rings. The Labute approximate surface area is 183 Å². The van der Waals surface area contributed by atoms with E-state index in [0.717, 1.165) is 36.8 Å². The number of carbonyl (C=O) groups excluding carboxylic acids is 1. The number of amides is 1. The molecule has 0 radical (unpaired) electrons. The Morgan fingerprint density at radius 3 is 2.55 bits per heavy atom. The van der Waals surface area contributed by atoms with E-state index in [2.05, 4.69) is 45.4 Å². The monoisotopic (exact) mass is 418 g/mol. The van der Waals surface area contributed by atoms with Crippen molar-refractivity contribution in [2.24, 2.45) is 5.92 Å². The third kappa shape index (κ3) is 5.79. The lowest BCUT2D eigenvalue weighted by Crippen LogP contribution is -2.33. The van der Waals surface area contributed by atoms with Crippen LogP contribution in [0, 0.1) is 5.92 Å². The van der Waals surface area contributed by atoms with E-state index in [1.54, 1.807) is 23.4 Å². The highest BCUT2D eigenvalue weighted by molar-refractivity contribution is 5.92. The normalized spacial score (nSPS) is 15.1. The maximum atomic E-state index is 12.9. The van der Waals surface area contributed by atoms with Crippen LogP contribution in [-0.4, -0.2) is 45.5 Å². The van der Waals surface area contributed by atoms with Crippen molar-refractivity contribution in [1.29, 1.82) is 0 Å². The standard InChI is InChI=1S/C25H30N4O2/c1-2-29(18-22-8-12-26-13-9-22)25(30)24-17-23(31-27-24)19-28-14-10-21(11-15-28)16-20-6-4-3-5-7-20/h3-9,12-13,17,21H,2,10-11,14-16,18-19H2,1H3. The molecular weight excluding hydrogens is 388 g/mol. The number of carbonyl (C=O) groups is 1. The van der Waals surface area contributed by atoms with Gasteiger partial charge < -0.3 is 9.42 Å². The second-order valence-electron chi connectivity index (χ2n) is 8.26. The molecule has 1 aliphatic heterocycles. The first-order valence-electron chi connectivity index (χ1n) is 11.1. The second kappa shape index (κ2) is 10.4. The van der Waals surface area contributed by atoms with Crippen LogP contribution in [0.3, 0.4) is 0 Å². The highest BCUT2D eigenvalue weighted by Crippen LogP contribution is 2.23. The highest BCUT2D eigenvalue weighted by atomic mass is 16.5. The quantitative estimate of drug-likeness (QED) is 0.549. The van der Waals surface area contributed by atoms with E-state index in [-0.39, 0.29) is 5.91 Å². The van der Waals surface area contributed by atoms with Crippen molar-refractivity contribution in [2.75, 3.05) is 19.6 Å². The van der Waals surface area contributed by atoms with Gasteiger partial charge >= 0.3 is 0 Å². The first-order chi connectivity index (χ1) is 15.2. The Bertz CT molecular complexity index is 950. The van der Waals surface area contributed by atoms with Crippen molar-refractivity contribution in [3.05, 3.63) is 83.5 Å². The summed E-state index contributed by atoms with van der Waals surface area (Å²) >= 11 is 0. The number of benzene rings is 1. The van der Waals surface area contributed by atoms with Crippen molar-refractivity contribution in [3.63, 3.8) is 0 Å². The molecule has 0 spiro atoms. The molecular formula is C25H30N4O2. The molecule has 6 heteroatoms. The van der Waals surface area contributed by atoms with Crippen LogP contribution in [0.2, 0.25) is 0 Å². The van der Waals surface area contributed by atoms with Crippen molar-refractivity contribution in [1.82, 2.24) is 19.9 Å². The summed E-state index contributed by atoms with van der Waals surface area (Å²) in [5.41, 5.74) is 2.85. The minimum absolute atomic E-state index is 0.101. The van der Waals surface area contributed by atoms with Gasteiger partial charge in [-0.1, -0.05) is 35.5 Å². The molecule has 0 unspecified atom stereocenters. The number of nitrogens with zero attached hydrogens (tertiary/aromatic N) is 4. The van der Waals surface area contributed by atoms with Crippen LogP contribution in [0.4, 0.5) is 0 Å². The van der Waals surface area contributed by atoms with Crippen LogP contribution in [-0.2, 0) is 19.5 Å². The summed E-state index contributed by atoms with van der Waals surface area (Å²) in [5.74, 6) is 1.39. The van der Waals surface area contributed by atoms with Crippen molar-refractivity contribution in [2.45, 2.75) is 39.3 Å². The average molecular weight is 419 g/mol. The lowest BCUT2D eigenvalue weighted by molar-refractivity contribution is 0.0741. The van der Waals surface area contributed by atoms with Crippen LogP contribution in [0.1, 0.15) is 47.1 Å². The van der Waals surface area contributed by atoms with Crippen LogP contribution >= 0.6 is 0 Å². The number of piperidine rings is 1. The fraction of sp³-hybridized carbons (Fsp3) is 0.400. The molecule has 3 heterocycles. The van der Waals surface area contributed by atoms with E-state index in [0.29, 0.717) is 25.3 Å². The average Bonchev–Trinajstić information content (AvgIpc) is 3.28. The van der Waals surface area contributed by atoms with Crippen LogP contribution in [0.15, 0.2) is 65.4 Å². The molecule has 0 bridgehead atoms. The van der Waals surface area contributed by atoms with E-state index in [1.165, 1.54) is 18.4 Å². The molecule has 1 amide bonds. The SMILES string of the molecule is CCN(Cc1ccncc1)C(=O)c1cc(CN2CCC(Cc3ccccc3)CC2)on1. The van der Waals surface area contributed by atoms with Gasteiger partial charge in [0, 0.05) is 31.5 Å². The number of hydrogen-bond acceptors (Lipinski definition) is 5. The number of pyridine rings is 1. The minimum atomic E-state index is -0.101. The van der Waals surface area contributed by atoms with E-state index >= 15 is 0 Å². The number of hydrogen-bond donors (Lipinski definition) is 0. The smallest absolute Gasteiger partial charge is 0.276 e. The Balaban J connectivity index is 1.28. The summed E-state index contributed by atoms with van der Waals surface area (Å²) in [6.45, 7) is 5.91. The third-order valence-corrected chi connectivity index (χ3v) is 6.02. The zero-order valence-electron chi connectivity index (χ0n) is 18.1. The zero-order valence-corrected chi connectivity index (χ0v) is 18.1. The Morgan fingerprint density at radius 2 is 1.84 bits per heavy atom. The van der Waals surface area contributed by atoms with Gasteiger partial charge in [0.25, 0.3) is 5.91 Å². The van der Waals surface area contributed by atoms with E-state index in [9.17, 15) is 4.79 Å². The van der Waals surface area contributed by atoms with E-state index in [1.807, 2.05) is 19.1 Å². The van der Waals surface area contributed by atoms with Gasteiger partial charge in [0.2, 0.25) is 0 Å². The summed E-state index contributed by atoms with van der Waals surface area (Å²) in [5, 5.41) is 4.06. The molecule has 6 nitrogen and oxygen atoms in total. The molecule has 31 heavy (non-hydrogen) atoms. The largest absolute Gasteiger partial charge is 0.359 e. The lowest BCUT2D eigenvalue weighted by atomic mass is 9.90. The summed E-state index contributed by atoms with van der Waals surface area (Å²) in [6.07, 6.45) is 7.00. The van der Waals surface area contributed by atoms with Crippen LogP contribution in [0.5, 0.6) is 0 Å². The molecule has 0 N–H and O–H groups in total. The molecule has 2 aromatic heterocycles. The molecule has 162 valence electrons. The van der Waals surface area contributed by atoms with Crippen molar-refractivity contribution >= 4 is 5.91 Å². The molecule has 1 saturated heterocycles. The van der Waals surface area contributed by atoms with Gasteiger partial charge in [0.1, 0.15) is 0 Å². The van der Waals surface area contributed by atoms with Crippen LogP contribution in [0.25, 0.3) is 0 Å². The number of likely N-dealkylation sites (tertiary alicyclic amines) is 1. The van der Waals surface area contributed by atoms with Gasteiger partial charge in [-0.15, -0.1) is 0 Å². The van der Waals surface area contributed by atoms with Gasteiger partial charge in [-0.25, -0.2) is 0 Å². The molecule has 1 aromatic carbocycles. The highest BCUT2D eigenvalue weighted by Gasteiger charge is 2.23. The third-order valence-electron chi connectivity index (χ3n) is 6.02. The van der Waals surface area contributed by atoms with E-state index in [4.69, 9.17) is 4.52 Å². The summed E-state index contributed by atoms with van der Waals surface area (Å²) in [4.78, 5) is 21.1. The second-order valence-corrected chi connectivity index (χ2v) is 8.26. The zero-order chi connectivity index (χ0) is 21.5. The van der Waals surface area contributed by atoms with Gasteiger partial charge in [-0.05, 0) is 68.5 Å². The summed E-state index contributed by atoms with van der Waals surface area (Å²) in [7, 11) is 0. The van der Waals surface area contributed by atoms with Crippen LogP contribution < -0.4 is 0 Å². The summed E-state index contributed by atoms with van der Waals surface area (Å²) in [6, 6.07) is 16.4. The maximum absolute atomic E-state index is 12.9. The predicted octanol–water partition coefficient (Wildman–Crippen LogP) is 4.19. The van der Waals surface area contributed by atoms with Gasteiger partial charge in [-0.2, -0.15) is 0 Å². The Hall–Kier alpha value is -2.99. The van der Waals surface area contributed by atoms with Gasteiger partial charge in [-0.3, -0.25) is 14.7 Å². The Kier molecular flexibility index (Phi) is 7.10. The van der Waals surface area contributed by atoms with E-state index < -0.39 is 0 Å². The summed E-state index contributed by atoms with van der Waals surface area (Å²) < 4.78 is 5.51. The molecule has 1 fully saturated rings. The molecule has 4 rings (SSSR count). The predicted molar refractivity (Wildman–Crippen MR) is 119 cm³/mol. The fourth-order valence-corrected chi connectivity index (χ4v) is 4.20. The van der Waals surface area contributed by atoms with Crippen molar-refractivity contribution in [3.8, 4) is 0 Å².